The molecule has 0 saturated heterocycles. The molecule has 14 heterocycles. The quantitative estimate of drug-likeness (QED) is 0.106. The summed E-state index contributed by atoms with van der Waals surface area (Å²) in [5.74, 6) is 2.90. The van der Waals surface area contributed by atoms with Crippen molar-refractivity contribution in [3.05, 3.63) is 264 Å². The van der Waals surface area contributed by atoms with Gasteiger partial charge in [0.15, 0.2) is 0 Å². The summed E-state index contributed by atoms with van der Waals surface area (Å²) >= 11 is -3.79. The van der Waals surface area contributed by atoms with Crippen molar-refractivity contribution in [3.8, 4) is 39.8 Å². The van der Waals surface area contributed by atoms with Crippen LogP contribution in [0, 0.1) is 96.9 Å². The number of hydrogen-bond acceptors (Lipinski definition) is 14. The Morgan fingerprint density at radius 1 is 0.292 bits per heavy atom. The van der Waals surface area contributed by atoms with E-state index in [1.807, 2.05) is 27.7 Å². The number of nitrogens with zero attached hydrogens (tertiary/aromatic N) is 24. The molecule has 0 spiro atoms. The first-order valence-corrected chi connectivity index (χ1v) is 43.2. The van der Waals surface area contributed by atoms with E-state index in [0.29, 0.717) is 46.0 Å². The fraction of sp³-hybridized carbons (Fsp3) is 0.193. The zero-order valence-corrected chi connectivity index (χ0v) is 70.9. The second kappa shape index (κ2) is 23.7. The fourth-order valence-electron chi connectivity index (χ4n) is 18.8. The van der Waals surface area contributed by atoms with E-state index >= 15 is 0 Å². The molecule has 22 rings (SSSR count). The molecule has 0 radical (unpaired) electrons. The van der Waals surface area contributed by atoms with Gasteiger partial charge in [0.25, 0.3) is 0 Å². The van der Waals surface area contributed by atoms with Gasteiger partial charge in [-0.25, -0.2) is 0 Å². The van der Waals surface area contributed by atoms with Crippen LogP contribution in [0.4, 0.5) is 17.3 Å². The molecule has 6 bridgehead atoms. The van der Waals surface area contributed by atoms with Gasteiger partial charge in [-0.1, -0.05) is 0 Å². The minimum absolute atomic E-state index is 0.215. The summed E-state index contributed by atoms with van der Waals surface area (Å²) < 4.78 is 21.8. The summed E-state index contributed by atoms with van der Waals surface area (Å²) in [7, 11) is 0. The van der Waals surface area contributed by atoms with Gasteiger partial charge in [0.2, 0.25) is 0 Å². The second-order valence-electron chi connectivity index (χ2n) is 31.1. The van der Waals surface area contributed by atoms with Crippen LogP contribution in [0.1, 0.15) is 116 Å². The van der Waals surface area contributed by atoms with Crippen LogP contribution in [0.25, 0.3) is 104 Å². The third-order valence-corrected chi connectivity index (χ3v) is 29.8. The number of azo groups is 2. The average Bonchev–Trinajstić information content (AvgIpc) is 1.53. The van der Waals surface area contributed by atoms with Gasteiger partial charge in [0, 0.05) is 0 Å². The van der Waals surface area contributed by atoms with E-state index in [9.17, 15) is 0 Å². The van der Waals surface area contributed by atoms with Gasteiger partial charge in [0.05, 0.1) is 0 Å². The van der Waals surface area contributed by atoms with Crippen molar-refractivity contribution in [2.24, 2.45) is 35.1 Å². The number of fused-ring (bicyclic) bond motifs is 18. The Morgan fingerprint density at radius 3 is 0.850 bits per heavy atom. The molecule has 24 nitrogen and oxygen atoms in total. The van der Waals surface area contributed by atoms with Crippen LogP contribution >= 0.6 is 0 Å². The molecule has 17 aromatic rings. The Balaban J connectivity index is 1.08. The molecule has 8 aromatic carbocycles. The van der Waals surface area contributed by atoms with Crippen molar-refractivity contribution < 1.29 is 4.70 Å². The van der Waals surface area contributed by atoms with Crippen molar-refractivity contribution in [3.63, 3.8) is 0 Å². The Bertz CT molecular complexity index is 7550. The molecule has 5 aliphatic heterocycles. The van der Waals surface area contributed by atoms with Crippen LogP contribution in [-0.2, 0) is 0 Å². The van der Waals surface area contributed by atoms with E-state index in [0.717, 1.165) is 218 Å². The van der Waals surface area contributed by atoms with Crippen molar-refractivity contribution >= 4 is 130 Å². The molecular weight excluding hydrogens is 1600 g/mol. The van der Waals surface area contributed by atoms with Crippen molar-refractivity contribution in [2.75, 3.05) is 0 Å². The predicted octanol–water partition coefficient (Wildman–Crippen LogP) is 15.8. The number of allylic oxidation sites excluding steroid dienone is 1. The van der Waals surface area contributed by atoms with Crippen LogP contribution in [-0.4, -0.2) is 132 Å². The van der Waals surface area contributed by atoms with Gasteiger partial charge >= 0.3 is 664 Å². The predicted molar refractivity (Wildman–Crippen MR) is 444 cm³/mol. The van der Waals surface area contributed by atoms with E-state index in [4.69, 9.17) is 70.8 Å². The summed E-state index contributed by atoms with van der Waals surface area (Å²) in [4.78, 5) is 38.1. The number of aromatic nitrogens is 16. The van der Waals surface area contributed by atoms with Crippen LogP contribution in [0.15, 0.2) is 186 Å². The van der Waals surface area contributed by atoms with Crippen molar-refractivity contribution in [1.29, 1.82) is 0 Å². The zero-order chi connectivity index (χ0) is 77.1. The second-order valence-corrected chi connectivity index (χ2v) is 37.1. The van der Waals surface area contributed by atoms with Gasteiger partial charge < -0.3 is 0 Å². The van der Waals surface area contributed by atoms with E-state index in [1.165, 1.54) is 0 Å². The molecule has 5 aliphatic rings. The Morgan fingerprint density at radius 2 is 0.558 bits per heavy atom. The Hall–Kier alpha value is -13.1. The minimum atomic E-state index is -3.79. The SMILES string of the molecule is CC1=CC(C)[N+](c2c3ccccc3c(-n3nc(C)cc3C)c3c4[n]5c(c23)N=C2N=C(N=c3c6c(-n7nc(C)cc7C)c7ccccc7c(-n7nc(C)cc7C)c6c([n]3[TlH]5)=NC3=NC(=N4)c4c3c(-n3nc(C)cc3C)c3ccccc3c4-n3nc(C)cc3C)c3c2c(-n2nc(C)cc2C)c2ccccc2c3-n2nc(C)cc2C)=N1. The Kier molecular flexibility index (Phi) is 14.0. The van der Waals surface area contributed by atoms with E-state index in [1.54, 1.807) is 0 Å². The Labute approximate surface area is 659 Å². The first-order valence-electron chi connectivity index (χ1n) is 38.3. The van der Waals surface area contributed by atoms with Crippen molar-refractivity contribution in [2.45, 2.75) is 117 Å². The molecule has 25 heteroatoms. The number of amidine groups is 4. The zero-order valence-electron chi connectivity index (χ0n) is 65.4. The summed E-state index contributed by atoms with van der Waals surface area (Å²) in [6.45, 7) is 33.5. The van der Waals surface area contributed by atoms with Crippen molar-refractivity contribution in [1.82, 2.24) is 73.2 Å². The molecule has 0 N–H and O–H groups in total. The standard InChI is InChI=1S/C88H73N24.Tl.H/c1-41-33-49(9)105(97-41)73-57-25-17-18-26-58(57)74(106-50(10)34-42(2)98-106)66-65(73)81-89-82(66)94-84-69-70(78(110-54(14)38-46(6)102-110)62-30-22-21-29-61(62)77(69)109-53(13)37-45(5)101-109)86(91-84)96-88-72-71(79(111-55(15)39-47(7)103-111)63-31-23-24-32-64(63)80(72)112-56(16)40-48(8)104-112)87(92-88)95-85-68-67(83(90-85)93-81)75(107-51(11)35-43(3)99-107)59-27-19-20-28-60(59)76(68)108-52(12)36-44(4)100-108;;/h17-40,49H,1-16H3;;/q-1;+2;. The average molecular weight is 1670 g/mol. The normalized spacial score (nSPS) is 14.8. The van der Waals surface area contributed by atoms with Gasteiger partial charge in [-0.3, -0.25) is 0 Å². The summed E-state index contributed by atoms with van der Waals surface area (Å²) in [6, 6.07) is 49.2. The molecule has 0 amide bonds. The summed E-state index contributed by atoms with van der Waals surface area (Å²) in [5.41, 5.74) is 23.9. The van der Waals surface area contributed by atoms with Gasteiger partial charge in [-0.15, -0.1) is 0 Å². The first kappa shape index (κ1) is 66.8. The molecule has 0 saturated carbocycles. The van der Waals surface area contributed by atoms with Crippen LogP contribution in [0.2, 0.25) is 0 Å². The third kappa shape index (κ3) is 9.36. The molecule has 1 unspecified atom stereocenters. The first-order chi connectivity index (χ1) is 54.6. The molecule has 0 aliphatic carbocycles. The van der Waals surface area contributed by atoms with Gasteiger partial charge in [0.1, 0.15) is 0 Å². The third-order valence-electron chi connectivity index (χ3n) is 22.9. The number of hydrogen-bond donors (Lipinski definition) is 0. The number of aliphatic imine (C=N–C) groups is 4. The van der Waals surface area contributed by atoms with Crippen LogP contribution in [0.3, 0.4) is 0 Å². The molecule has 1 atom stereocenters. The maximum atomic E-state index is 6.47. The molecule has 9 aromatic heterocycles. The van der Waals surface area contributed by atoms with Crippen LogP contribution in [0.5, 0.6) is 0 Å². The number of aryl methyl sites for hydroxylation is 14. The number of rotatable bonds is 8. The van der Waals surface area contributed by atoms with Gasteiger partial charge in [-0.2, -0.15) is 0 Å². The fourth-order valence-corrected chi connectivity index (χ4v) is 25.6. The molecule has 113 heavy (non-hydrogen) atoms. The van der Waals surface area contributed by atoms with Crippen LogP contribution < -0.4 is 11.0 Å². The summed E-state index contributed by atoms with van der Waals surface area (Å²) in [5, 5.41) is 54.4. The van der Waals surface area contributed by atoms with E-state index in [-0.39, 0.29) is 6.04 Å². The monoisotopic (exact) mass is 1670 g/mol. The molecule has 548 valence electrons. The van der Waals surface area contributed by atoms with E-state index in [2.05, 4.69) is 271 Å². The van der Waals surface area contributed by atoms with Gasteiger partial charge in [-0.05, 0) is 0 Å². The maximum absolute atomic E-state index is 6.47. The van der Waals surface area contributed by atoms with E-state index < -0.39 is 24.8 Å². The number of benzene rings is 8. The molecule has 0 fully saturated rings. The topological polar surface area (TPSA) is 224 Å². The molecular formula is C88H74N24Tl+. The summed E-state index contributed by atoms with van der Waals surface area (Å²) in [6.07, 6.45) is 2.23.